The summed E-state index contributed by atoms with van der Waals surface area (Å²) in [6.45, 7) is 18.3. The molecule has 4 aromatic rings. The third-order valence-electron chi connectivity index (χ3n) is 9.27. The molecule has 0 atom stereocenters. The van der Waals surface area contributed by atoms with E-state index >= 15 is 0 Å². The lowest BCUT2D eigenvalue weighted by atomic mass is 9.68. The van der Waals surface area contributed by atoms with Crippen molar-refractivity contribution in [1.82, 2.24) is 0 Å². The standard InChI is InChI=1S/C39H40/c1-23-17-25(3)36(26(4)18-23)29-13-15-32-33-16-14-30(37-27(5)19-24(2)20-28(37)6)22-35(33)38(34(32)21-29)39(7,8)31-11-9-10-12-31/h9-11,13-22,38H,12H2,1-8H3. The zero-order valence-electron chi connectivity index (χ0n) is 24.8. The zero-order chi connectivity index (χ0) is 27.6. The molecular weight excluding hydrogens is 468 g/mol. The van der Waals surface area contributed by atoms with Gasteiger partial charge in [-0.3, -0.25) is 0 Å². The second-order valence-electron chi connectivity index (χ2n) is 12.6. The number of benzene rings is 4. The van der Waals surface area contributed by atoms with Gasteiger partial charge in [-0.05, 0) is 132 Å². The van der Waals surface area contributed by atoms with E-state index < -0.39 is 0 Å². The molecule has 0 fully saturated rings. The minimum atomic E-state index is -0.00449. The third kappa shape index (κ3) is 4.13. The molecule has 0 N–H and O–H groups in total. The van der Waals surface area contributed by atoms with Crippen molar-refractivity contribution < 1.29 is 0 Å². The van der Waals surface area contributed by atoms with Crippen LogP contribution in [0.4, 0.5) is 0 Å². The average molecular weight is 509 g/mol. The summed E-state index contributed by atoms with van der Waals surface area (Å²) in [6, 6.07) is 23.8. The number of rotatable bonds is 4. The number of aryl methyl sites for hydroxylation is 6. The Labute approximate surface area is 235 Å². The Hall–Kier alpha value is -3.64. The van der Waals surface area contributed by atoms with Crippen molar-refractivity contribution in [2.24, 2.45) is 5.41 Å². The van der Waals surface area contributed by atoms with Crippen LogP contribution in [0.25, 0.3) is 33.4 Å². The summed E-state index contributed by atoms with van der Waals surface area (Å²) >= 11 is 0. The smallest absolute Gasteiger partial charge is 0.0191 e. The van der Waals surface area contributed by atoms with Crippen molar-refractivity contribution in [3.05, 3.63) is 129 Å². The molecule has 0 spiro atoms. The Kier molecular flexibility index (Phi) is 6.07. The van der Waals surface area contributed by atoms with E-state index in [2.05, 4.69) is 134 Å². The van der Waals surface area contributed by atoms with Gasteiger partial charge in [0, 0.05) is 5.92 Å². The van der Waals surface area contributed by atoms with Crippen LogP contribution in [-0.4, -0.2) is 0 Å². The van der Waals surface area contributed by atoms with Crippen LogP contribution in [0.1, 0.15) is 70.7 Å². The molecule has 0 radical (unpaired) electrons. The highest BCUT2D eigenvalue weighted by molar-refractivity contribution is 5.86. The molecule has 0 saturated carbocycles. The predicted octanol–water partition coefficient (Wildman–Crippen LogP) is 10.9. The molecule has 6 rings (SSSR count). The van der Waals surface area contributed by atoms with Gasteiger partial charge < -0.3 is 0 Å². The van der Waals surface area contributed by atoms with Crippen LogP contribution in [-0.2, 0) is 0 Å². The predicted molar refractivity (Wildman–Crippen MR) is 169 cm³/mol. The van der Waals surface area contributed by atoms with E-state index in [1.165, 1.54) is 83.5 Å². The van der Waals surface area contributed by atoms with Gasteiger partial charge in [0.2, 0.25) is 0 Å². The fraction of sp³-hybridized carbons (Fsp3) is 0.282. The Morgan fingerprint density at radius 1 is 0.590 bits per heavy atom. The SMILES string of the molecule is Cc1cc(C)c(-c2ccc3c(c2)C(C(C)(C)C2=CC=CC2)c2cc(-c4c(C)cc(C)cc4C)ccc2-3)c(C)c1. The van der Waals surface area contributed by atoms with Gasteiger partial charge in [0.25, 0.3) is 0 Å². The molecule has 0 saturated heterocycles. The summed E-state index contributed by atoms with van der Waals surface area (Å²) < 4.78 is 0. The van der Waals surface area contributed by atoms with Gasteiger partial charge in [-0.1, -0.05) is 97.3 Å². The maximum Gasteiger partial charge on any atom is 0.0191 e. The maximum atomic E-state index is 2.51. The molecule has 0 heterocycles. The van der Waals surface area contributed by atoms with Crippen LogP contribution in [0.3, 0.4) is 0 Å². The molecule has 0 nitrogen and oxygen atoms in total. The van der Waals surface area contributed by atoms with E-state index in [0.717, 1.165) is 6.42 Å². The third-order valence-corrected chi connectivity index (χ3v) is 9.27. The van der Waals surface area contributed by atoms with Crippen molar-refractivity contribution in [2.45, 2.75) is 67.7 Å². The summed E-state index contributed by atoms with van der Waals surface area (Å²) in [6.07, 6.45) is 7.94. The van der Waals surface area contributed by atoms with Gasteiger partial charge in [0.1, 0.15) is 0 Å². The Morgan fingerprint density at radius 2 is 1.03 bits per heavy atom. The molecular formula is C39H40. The maximum absolute atomic E-state index is 2.51. The molecule has 0 heteroatoms. The highest BCUT2D eigenvalue weighted by Crippen LogP contribution is 2.57. The van der Waals surface area contributed by atoms with Crippen LogP contribution < -0.4 is 0 Å². The lowest BCUT2D eigenvalue weighted by Crippen LogP contribution is -2.24. The van der Waals surface area contributed by atoms with Gasteiger partial charge in [-0.15, -0.1) is 0 Å². The first-order valence-corrected chi connectivity index (χ1v) is 14.4. The molecule has 0 bridgehead atoms. The van der Waals surface area contributed by atoms with Crippen LogP contribution >= 0.6 is 0 Å². The number of hydrogen-bond acceptors (Lipinski definition) is 0. The summed E-state index contributed by atoms with van der Waals surface area (Å²) in [4.78, 5) is 0. The van der Waals surface area contributed by atoms with Gasteiger partial charge in [-0.2, -0.15) is 0 Å². The van der Waals surface area contributed by atoms with Gasteiger partial charge in [0.05, 0.1) is 0 Å². The lowest BCUT2D eigenvalue weighted by Gasteiger charge is -2.35. The van der Waals surface area contributed by atoms with Crippen LogP contribution in [0.15, 0.2) is 84.5 Å². The van der Waals surface area contributed by atoms with Gasteiger partial charge >= 0.3 is 0 Å². The fourth-order valence-electron chi connectivity index (χ4n) is 7.73. The van der Waals surface area contributed by atoms with E-state index in [0.29, 0.717) is 5.92 Å². The zero-order valence-corrected chi connectivity index (χ0v) is 24.8. The summed E-state index contributed by atoms with van der Waals surface area (Å²) in [7, 11) is 0. The van der Waals surface area contributed by atoms with Crippen LogP contribution in [0.5, 0.6) is 0 Å². The van der Waals surface area contributed by atoms with E-state index in [1.807, 2.05) is 0 Å². The molecule has 39 heavy (non-hydrogen) atoms. The largest absolute Gasteiger partial charge is 0.0804 e. The first kappa shape index (κ1) is 25.6. The van der Waals surface area contributed by atoms with Crippen molar-refractivity contribution in [1.29, 1.82) is 0 Å². The summed E-state index contributed by atoms with van der Waals surface area (Å²) in [5, 5.41) is 0. The average Bonchev–Trinajstić information content (AvgIpc) is 3.50. The highest BCUT2D eigenvalue weighted by atomic mass is 14.4. The van der Waals surface area contributed by atoms with E-state index in [1.54, 1.807) is 0 Å². The van der Waals surface area contributed by atoms with Crippen molar-refractivity contribution >= 4 is 0 Å². The van der Waals surface area contributed by atoms with Gasteiger partial charge in [-0.25, -0.2) is 0 Å². The van der Waals surface area contributed by atoms with Crippen LogP contribution in [0, 0.1) is 47.0 Å². The van der Waals surface area contributed by atoms with Crippen molar-refractivity contribution in [3.63, 3.8) is 0 Å². The Bertz CT molecular complexity index is 1550. The van der Waals surface area contributed by atoms with Crippen LogP contribution in [0.2, 0.25) is 0 Å². The topological polar surface area (TPSA) is 0 Å². The Balaban J connectivity index is 1.57. The molecule has 2 aliphatic carbocycles. The molecule has 196 valence electrons. The molecule has 0 amide bonds. The molecule has 0 unspecified atom stereocenters. The summed E-state index contributed by atoms with van der Waals surface area (Å²) in [5.41, 5.74) is 20.7. The molecule has 0 aromatic heterocycles. The number of hydrogen-bond donors (Lipinski definition) is 0. The van der Waals surface area contributed by atoms with Crippen molar-refractivity contribution in [2.75, 3.05) is 0 Å². The molecule has 4 aromatic carbocycles. The monoisotopic (exact) mass is 508 g/mol. The first-order valence-electron chi connectivity index (χ1n) is 14.4. The van der Waals surface area contributed by atoms with Gasteiger partial charge in [0.15, 0.2) is 0 Å². The molecule has 0 aliphatic heterocycles. The molecule has 2 aliphatic rings. The van der Waals surface area contributed by atoms with E-state index in [-0.39, 0.29) is 5.41 Å². The minimum absolute atomic E-state index is 0.00449. The van der Waals surface area contributed by atoms with E-state index in [9.17, 15) is 0 Å². The Morgan fingerprint density at radius 3 is 1.41 bits per heavy atom. The number of fused-ring (bicyclic) bond motifs is 3. The van der Waals surface area contributed by atoms with E-state index in [4.69, 9.17) is 0 Å². The second kappa shape index (κ2) is 9.23. The first-order chi connectivity index (χ1) is 18.6. The minimum Gasteiger partial charge on any atom is -0.0804 e. The van der Waals surface area contributed by atoms with Crippen molar-refractivity contribution in [3.8, 4) is 33.4 Å². The lowest BCUT2D eigenvalue weighted by molar-refractivity contribution is 0.388. The fourth-order valence-corrected chi connectivity index (χ4v) is 7.73. The summed E-state index contributed by atoms with van der Waals surface area (Å²) in [5.74, 6) is 0.297. The number of allylic oxidation sites excluding steroid dienone is 4. The highest BCUT2D eigenvalue weighted by Gasteiger charge is 2.42. The normalized spacial score (nSPS) is 14.5. The second-order valence-corrected chi connectivity index (χ2v) is 12.6. The quantitative estimate of drug-likeness (QED) is 0.257.